The Morgan fingerprint density at radius 3 is 2.24 bits per heavy atom. The minimum absolute atomic E-state index is 0.704. The average molecular weight is 224 g/mol. The van der Waals surface area contributed by atoms with E-state index in [-0.39, 0.29) is 0 Å². The molecule has 3 rings (SSSR count). The first kappa shape index (κ1) is 9.78. The number of rotatable bonds is 1. The largest absolute Gasteiger partial charge is 0.456 e. The van der Waals surface area contributed by atoms with Crippen molar-refractivity contribution >= 4 is 22.3 Å². The van der Waals surface area contributed by atoms with Gasteiger partial charge < -0.3 is 15.9 Å². The van der Waals surface area contributed by atoms with Crippen LogP contribution in [0.5, 0.6) is 0 Å². The molecular formula is C14H12N2O. The highest BCUT2D eigenvalue weighted by Gasteiger charge is 2.05. The molecule has 17 heavy (non-hydrogen) atoms. The highest BCUT2D eigenvalue weighted by atomic mass is 16.3. The van der Waals surface area contributed by atoms with Gasteiger partial charge in [-0.15, -0.1) is 0 Å². The molecule has 3 heteroatoms. The maximum absolute atomic E-state index is 5.75. The first-order chi connectivity index (χ1) is 8.22. The van der Waals surface area contributed by atoms with Crippen molar-refractivity contribution in [1.29, 1.82) is 0 Å². The molecule has 1 heterocycles. The summed E-state index contributed by atoms with van der Waals surface area (Å²) in [6.45, 7) is 0. The molecule has 3 nitrogen and oxygen atoms in total. The lowest BCUT2D eigenvalue weighted by Crippen LogP contribution is -1.82. The molecule has 4 N–H and O–H groups in total. The number of hydrogen-bond donors (Lipinski definition) is 2. The molecule has 0 radical (unpaired) electrons. The summed E-state index contributed by atoms with van der Waals surface area (Å²) in [5.41, 5.74) is 14.6. The maximum atomic E-state index is 5.75. The van der Waals surface area contributed by atoms with E-state index in [2.05, 4.69) is 0 Å². The van der Waals surface area contributed by atoms with Gasteiger partial charge in [-0.2, -0.15) is 0 Å². The zero-order valence-electron chi connectivity index (χ0n) is 9.18. The second-order valence-electron chi connectivity index (χ2n) is 4.03. The molecule has 0 atom stereocenters. The molecule has 0 spiro atoms. The van der Waals surface area contributed by atoms with Crippen LogP contribution in [0.1, 0.15) is 0 Å². The van der Waals surface area contributed by atoms with Crippen LogP contribution >= 0.6 is 0 Å². The van der Waals surface area contributed by atoms with Crippen LogP contribution in [0.3, 0.4) is 0 Å². The van der Waals surface area contributed by atoms with Gasteiger partial charge in [0.1, 0.15) is 11.3 Å². The van der Waals surface area contributed by atoms with E-state index in [1.165, 1.54) is 0 Å². The molecule has 0 amide bonds. The van der Waals surface area contributed by atoms with Crippen molar-refractivity contribution < 1.29 is 4.42 Å². The van der Waals surface area contributed by atoms with Crippen molar-refractivity contribution in [3.63, 3.8) is 0 Å². The maximum Gasteiger partial charge on any atom is 0.136 e. The number of fused-ring (bicyclic) bond motifs is 1. The predicted octanol–water partition coefficient (Wildman–Crippen LogP) is 3.26. The number of nitrogen functional groups attached to an aromatic ring is 2. The third-order valence-electron chi connectivity index (χ3n) is 2.74. The molecular weight excluding hydrogens is 212 g/mol. The van der Waals surface area contributed by atoms with Gasteiger partial charge in [0.15, 0.2) is 0 Å². The molecule has 0 aliphatic carbocycles. The van der Waals surface area contributed by atoms with Gasteiger partial charge in [-0.3, -0.25) is 0 Å². The Labute approximate surface area is 98.6 Å². The molecule has 0 bridgehead atoms. The molecule has 0 saturated carbocycles. The smallest absolute Gasteiger partial charge is 0.136 e. The fourth-order valence-corrected chi connectivity index (χ4v) is 1.84. The van der Waals surface area contributed by atoms with Crippen LogP contribution in [0.25, 0.3) is 22.3 Å². The highest BCUT2D eigenvalue weighted by Crippen LogP contribution is 2.29. The molecule has 1 aromatic heterocycles. The summed E-state index contributed by atoms with van der Waals surface area (Å²) in [5, 5.41) is 1.05. The van der Waals surface area contributed by atoms with Gasteiger partial charge in [0, 0.05) is 28.4 Å². The molecule has 2 aromatic carbocycles. The second-order valence-corrected chi connectivity index (χ2v) is 4.03. The molecule has 0 saturated heterocycles. The van der Waals surface area contributed by atoms with Crippen LogP contribution in [-0.4, -0.2) is 0 Å². The monoisotopic (exact) mass is 224 g/mol. The van der Waals surface area contributed by atoms with Crippen molar-refractivity contribution in [3.8, 4) is 11.3 Å². The fraction of sp³-hybridized carbons (Fsp3) is 0. The van der Waals surface area contributed by atoms with E-state index in [0.717, 1.165) is 28.0 Å². The Balaban J connectivity index is 2.14. The topological polar surface area (TPSA) is 65.2 Å². The van der Waals surface area contributed by atoms with Crippen LogP contribution in [-0.2, 0) is 0 Å². The van der Waals surface area contributed by atoms with Gasteiger partial charge in [-0.05, 0) is 42.5 Å². The Kier molecular flexibility index (Phi) is 2.05. The Hall–Kier alpha value is -2.42. The SMILES string of the molecule is Nc1ccc(-c2cc3ccc(N)cc3o2)cc1. The molecule has 0 aliphatic heterocycles. The Bertz CT molecular complexity index is 668. The Morgan fingerprint density at radius 1 is 0.765 bits per heavy atom. The second kappa shape index (κ2) is 3.56. The quantitative estimate of drug-likeness (QED) is 0.623. The lowest BCUT2D eigenvalue weighted by Gasteiger charge is -1.96. The van der Waals surface area contributed by atoms with Crippen molar-refractivity contribution in [2.24, 2.45) is 0 Å². The molecule has 84 valence electrons. The average Bonchev–Trinajstić information content (AvgIpc) is 2.72. The first-order valence-electron chi connectivity index (χ1n) is 5.37. The Morgan fingerprint density at radius 2 is 1.47 bits per heavy atom. The normalized spacial score (nSPS) is 10.8. The van der Waals surface area contributed by atoms with Crippen molar-refractivity contribution in [3.05, 3.63) is 48.5 Å². The standard InChI is InChI=1S/C14H12N2O/c15-11-4-1-9(2-5-11)13-7-10-3-6-12(16)8-14(10)17-13/h1-8H,15-16H2. The van der Waals surface area contributed by atoms with Gasteiger partial charge in [0.2, 0.25) is 0 Å². The van der Waals surface area contributed by atoms with Crippen LogP contribution in [0.4, 0.5) is 11.4 Å². The van der Waals surface area contributed by atoms with Gasteiger partial charge in [0.05, 0.1) is 0 Å². The van der Waals surface area contributed by atoms with Crippen molar-refractivity contribution in [2.75, 3.05) is 11.5 Å². The van der Waals surface area contributed by atoms with Crippen molar-refractivity contribution in [1.82, 2.24) is 0 Å². The lowest BCUT2D eigenvalue weighted by molar-refractivity contribution is 0.632. The van der Waals surface area contributed by atoms with Crippen molar-refractivity contribution in [2.45, 2.75) is 0 Å². The van der Waals surface area contributed by atoms with E-state index >= 15 is 0 Å². The summed E-state index contributed by atoms with van der Waals surface area (Å²) in [5.74, 6) is 0.825. The fourth-order valence-electron chi connectivity index (χ4n) is 1.84. The number of furan rings is 1. The van der Waals surface area contributed by atoms with Gasteiger partial charge in [0.25, 0.3) is 0 Å². The van der Waals surface area contributed by atoms with E-state index in [1.54, 1.807) is 0 Å². The van der Waals surface area contributed by atoms with Gasteiger partial charge in [-0.25, -0.2) is 0 Å². The van der Waals surface area contributed by atoms with Gasteiger partial charge in [-0.1, -0.05) is 0 Å². The summed E-state index contributed by atoms with van der Waals surface area (Å²) in [4.78, 5) is 0. The highest BCUT2D eigenvalue weighted by molar-refractivity contribution is 5.85. The van der Waals surface area contributed by atoms with Crippen LogP contribution in [0.15, 0.2) is 52.9 Å². The predicted molar refractivity (Wildman–Crippen MR) is 70.5 cm³/mol. The summed E-state index contributed by atoms with van der Waals surface area (Å²) in [6.07, 6.45) is 0. The zero-order chi connectivity index (χ0) is 11.8. The number of hydrogen-bond acceptors (Lipinski definition) is 3. The molecule has 3 aromatic rings. The summed E-state index contributed by atoms with van der Waals surface area (Å²) in [6, 6.07) is 15.2. The first-order valence-corrected chi connectivity index (χ1v) is 5.37. The van der Waals surface area contributed by atoms with Crippen LogP contribution < -0.4 is 11.5 Å². The number of nitrogens with two attached hydrogens (primary N) is 2. The third kappa shape index (κ3) is 1.72. The van der Waals surface area contributed by atoms with Crippen LogP contribution in [0, 0.1) is 0 Å². The lowest BCUT2D eigenvalue weighted by atomic mass is 10.1. The zero-order valence-corrected chi connectivity index (χ0v) is 9.18. The molecule has 0 aliphatic rings. The summed E-state index contributed by atoms with van der Waals surface area (Å²) in [7, 11) is 0. The van der Waals surface area contributed by atoms with E-state index < -0.39 is 0 Å². The number of anilines is 2. The minimum Gasteiger partial charge on any atom is -0.456 e. The van der Waals surface area contributed by atoms with Crippen LogP contribution in [0.2, 0.25) is 0 Å². The van der Waals surface area contributed by atoms with Gasteiger partial charge >= 0.3 is 0 Å². The summed E-state index contributed by atoms with van der Waals surface area (Å²) < 4.78 is 5.75. The molecule has 0 fully saturated rings. The van der Waals surface area contributed by atoms with E-state index in [4.69, 9.17) is 15.9 Å². The van der Waals surface area contributed by atoms with E-state index in [1.807, 2.05) is 48.5 Å². The van der Waals surface area contributed by atoms with E-state index in [0.29, 0.717) is 5.69 Å². The minimum atomic E-state index is 0.704. The number of benzene rings is 2. The molecule has 0 unspecified atom stereocenters. The summed E-state index contributed by atoms with van der Waals surface area (Å²) >= 11 is 0. The third-order valence-corrected chi connectivity index (χ3v) is 2.74. The van der Waals surface area contributed by atoms with E-state index in [9.17, 15) is 0 Å².